The minimum Gasteiger partial charge on any atom is -0.412 e. The predicted molar refractivity (Wildman–Crippen MR) is 175 cm³/mol. The Bertz CT molecular complexity index is 1990. The highest BCUT2D eigenvalue weighted by Gasteiger charge is 2.47. The molecule has 2 unspecified atom stereocenters. The van der Waals surface area contributed by atoms with E-state index in [9.17, 15) is 81.5 Å². The van der Waals surface area contributed by atoms with E-state index >= 15 is 0 Å². The Balaban J connectivity index is 0.00000992. The molecule has 4 rings (SSSR count). The number of nitrogens with zero attached hydrogens (tertiary/aromatic N) is 2. The molecule has 0 saturated heterocycles. The summed E-state index contributed by atoms with van der Waals surface area (Å²) in [5, 5.41) is 18.7. The van der Waals surface area contributed by atoms with E-state index in [-0.39, 0.29) is 15.3 Å². The first-order chi connectivity index (χ1) is 27.5. The second kappa shape index (κ2) is 18.1. The number of carbonyl (C=O) groups is 6. The molecule has 0 bridgehead atoms. The molecule has 0 aromatic heterocycles. The highest BCUT2D eigenvalue weighted by atomic mass is 19.4. The second-order valence-corrected chi connectivity index (χ2v) is 12.4. The van der Waals surface area contributed by atoms with Gasteiger partial charge in [-0.2, -0.15) is 63.6 Å². The molecule has 61 heavy (non-hydrogen) atoms. The zero-order valence-electron chi connectivity index (χ0n) is 29.8. The topological polar surface area (TPSA) is 255 Å². The van der Waals surface area contributed by atoms with E-state index in [1.54, 1.807) is 21.6 Å². The first-order valence-corrected chi connectivity index (χ1v) is 16.1. The molecule has 17 nitrogen and oxygen atoms in total. The van der Waals surface area contributed by atoms with Crippen molar-refractivity contribution in [1.82, 2.24) is 31.4 Å². The molecule has 2 heterocycles. The van der Waals surface area contributed by atoms with Crippen LogP contribution < -0.4 is 21.6 Å². The maximum Gasteiger partial charge on any atom is 0.416 e. The van der Waals surface area contributed by atoms with Crippen molar-refractivity contribution in [2.75, 3.05) is 13.1 Å². The summed E-state index contributed by atoms with van der Waals surface area (Å²) in [4.78, 5) is 83.0. The molecule has 8 N–H and O–H groups in total. The monoisotopic (exact) mass is 894 g/mol. The van der Waals surface area contributed by atoms with Gasteiger partial charge in [-0.25, -0.2) is 9.59 Å². The number of hydroxylamine groups is 2. The van der Waals surface area contributed by atoms with E-state index in [4.69, 9.17) is 10.8 Å². The molecule has 2 aromatic rings. The fraction of sp³-hybridized carbons (Fsp3) is 0.312. The summed E-state index contributed by atoms with van der Waals surface area (Å²) in [6.07, 6.45) is -21.6. The van der Waals surface area contributed by atoms with Crippen LogP contribution in [-0.2, 0) is 41.2 Å². The zero-order valence-corrected chi connectivity index (χ0v) is 29.8. The predicted octanol–water partition coefficient (Wildman–Crippen LogP) is 3.25. The van der Waals surface area contributed by atoms with Gasteiger partial charge in [0.05, 0.1) is 36.1 Å². The van der Waals surface area contributed by atoms with Crippen LogP contribution in [0.25, 0.3) is 0 Å². The maximum atomic E-state index is 13.3. The number of rotatable bonds is 8. The quantitative estimate of drug-likeness (QED) is 0.0742. The smallest absolute Gasteiger partial charge is 0.412 e. The Morgan fingerprint density at radius 3 is 1.23 bits per heavy atom. The maximum absolute atomic E-state index is 13.3. The first kappa shape index (κ1) is 48.4. The van der Waals surface area contributed by atoms with Crippen LogP contribution in [0.15, 0.2) is 48.6 Å². The molecule has 0 aliphatic carbocycles. The summed E-state index contributed by atoms with van der Waals surface area (Å²) in [5.74, 6) is -10.7. The summed E-state index contributed by atoms with van der Waals surface area (Å²) in [6, 6.07) is -0.715. The van der Waals surface area contributed by atoms with Gasteiger partial charge in [-0.05, 0) is 47.5 Å². The molecule has 2 aliphatic heterocycles. The molecule has 2 atom stereocenters. The van der Waals surface area contributed by atoms with E-state index in [0.29, 0.717) is 48.6 Å². The Labute approximate surface area is 331 Å². The molecule has 0 radical (unpaired) electrons. The molecule has 0 spiro atoms. The lowest BCUT2D eigenvalue weighted by Gasteiger charge is -2.26. The standard InChI is InChI=1S/C32H24F12N8O8.H2O/c33-29(34,35)11-51-19(17-7-13(31(39,40)41)1-3-15(17)25(51)57)9-21(53)47-27(45)49-59-23(55)5-6-24(56)60-50-28(46)48-22(54)10-20-18-8-14(32(42,43)44)2-4-16(18)26(58)52(20)12-30(36,37)38;/h1-8,19-20H,9-12H2,(H3,45,47,49,53)(H3,46,48,50,54);1H2/b6-5+;. The van der Waals surface area contributed by atoms with Gasteiger partial charge in [-0.1, -0.05) is 0 Å². The van der Waals surface area contributed by atoms with Gasteiger partial charge in [-0.3, -0.25) is 40.6 Å². The lowest BCUT2D eigenvalue weighted by molar-refractivity contribution is -0.146. The van der Waals surface area contributed by atoms with Crippen molar-refractivity contribution in [3.8, 4) is 0 Å². The third-order valence-corrected chi connectivity index (χ3v) is 8.06. The highest BCUT2D eigenvalue weighted by molar-refractivity contribution is 6.02. The van der Waals surface area contributed by atoms with Gasteiger partial charge in [-0.15, -0.1) is 0 Å². The summed E-state index contributed by atoms with van der Waals surface area (Å²) in [5.41, 5.74) is -1.73. The summed E-state index contributed by atoms with van der Waals surface area (Å²) >= 11 is 0. The number of amides is 4. The summed E-state index contributed by atoms with van der Waals surface area (Å²) in [6.45, 7) is -3.89. The molecular formula is C32H26F12N8O9. The van der Waals surface area contributed by atoms with Crippen molar-refractivity contribution in [2.24, 2.45) is 0 Å². The number of guanidine groups is 2. The van der Waals surface area contributed by atoms with Crippen LogP contribution in [0.5, 0.6) is 0 Å². The lowest BCUT2D eigenvalue weighted by atomic mass is 9.99. The van der Waals surface area contributed by atoms with Crippen molar-refractivity contribution in [3.05, 3.63) is 81.9 Å². The van der Waals surface area contributed by atoms with E-state index in [1.165, 1.54) is 0 Å². The van der Waals surface area contributed by atoms with Crippen LogP contribution in [0, 0.1) is 10.8 Å². The summed E-state index contributed by atoms with van der Waals surface area (Å²) < 4.78 is 159. The van der Waals surface area contributed by atoms with Crippen molar-refractivity contribution >= 4 is 47.5 Å². The van der Waals surface area contributed by atoms with E-state index in [1.807, 2.05) is 0 Å². The minimum absolute atomic E-state index is 0. The van der Waals surface area contributed by atoms with Gasteiger partial charge in [0, 0.05) is 23.3 Å². The van der Waals surface area contributed by atoms with Crippen molar-refractivity contribution in [1.29, 1.82) is 10.8 Å². The molecular weight excluding hydrogens is 868 g/mol. The number of fused-ring (bicyclic) bond motifs is 2. The number of hydrogen-bond acceptors (Lipinski definition) is 10. The van der Waals surface area contributed by atoms with Crippen LogP contribution in [0.1, 0.15) is 67.9 Å². The molecule has 0 saturated carbocycles. The van der Waals surface area contributed by atoms with Crippen molar-refractivity contribution < 1.29 is 96.6 Å². The Morgan fingerprint density at radius 2 is 0.934 bits per heavy atom. The van der Waals surface area contributed by atoms with Gasteiger partial charge >= 0.3 is 36.6 Å². The Hall–Kier alpha value is -6.94. The van der Waals surface area contributed by atoms with E-state index in [2.05, 4.69) is 9.68 Å². The molecule has 332 valence electrons. The number of alkyl halides is 12. The van der Waals surface area contributed by atoms with Gasteiger partial charge in [0.25, 0.3) is 11.8 Å². The van der Waals surface area contributed by atoms with Gasteiger partial charge in [0.1, 0.15) is 13.1 Å². The van der Waals surface area contributed by atoms with Crippen LogP contribution in [0.4, 0.5) is 52.7 Å². The van der Waals surface area contributed by atoms with E-state index < -0.39 is 144 Å². The Morgan fingerprint density at radius 1 is 0.607 bits per heavy atom. The van der Waals surface area contributed by atoms with Gasteiger partial charge in [0.15, 0.2) is 0 Å². The van der Waals surface area contributed by atoms with Crippen LogP contribution >= 0.6 is 0 Å². The van der Waals surface area contributed by atoms with Crippen LogP contribution in [0.3, 0.4) is 0 Å². The first-order valence-electron chi connectivity index (χ1n) is 16.1. The fourth-order valence-corrected chi connectivity index (χ4v) is 5.73. The molecule has 29 heteroatoms. The van der Waals surface area contributed by atoms with Crippen LogP contribution in [-0.4, -0.2) is 88.2 Å². The molecule has 0 fully saturated rings. The average Bonchev–Trinajstić information content (AvgIpc) is 3.50. The van der Waals surface area contributed by atoms with Crippen molar-refractivity contribution in [3.63, 3.8) is 0 Å². The largest absolute Gasteiger partial charge is 0.416 e. The average molecular weight is 895 g/mol. The molecule has 2 aromatic carbocycles. The number of nitrogens with one attached hydrogen (secondary N) is 6. The second-order valence-electron chi connectivity index (χ2n) is 12.4. The number of benzene rings is 2. The zero-order chi connectivity index (χ0) is 45.1. The number of carbonyl (C=O) groups excluding carboxylic acids is 6. The van der Waals surface area contributed by atoms with Crippen LogP contribution in [0.2, 0.25) is 0 Å². The lowest BCUT2D eigenvalue weighted by Crippen LogP contribution is -2.43. The van der Waals surface area contributed by atoms with Gasteiger partial charge in [0.2, 0.25) is 23.7 Å². The number of halogens is 12. The SMILES string of the molecule is N=C(NOC(=O)/C=C/C(=O)ONC(=N)NC(=O)CC1c2cc(C(F)(F)F)ccc2C(=O)N1CC(F)(F)F)NC(=O)CC1c2cc(C(F)(F)F)ccc2C(=O)N1CC(F)(F)F.O. The normalized spacial score (nSPS) is 16.3. The third-order valence-electron chi connectivity index (χ3n) is 8.06. The van der Waals surface area contributed by atoms with E-state index in [0.717, 1.165) is 0 Å². The Kier molecular flexibility index (Phi) is 14.4. The number of hydrogen-bond donors (Lipinski definition) is 6. The summed E-state index contributed by atoms with van der Waals surface area (Å²) in [7, 11) is 0. The van der Waals surface area contributed by atoms with Gasteiger partial charge < -0.3 is 25.0 Å². The third kappa shape index (κ3) is 12.8. The molecule has 2 aliphatic rings. The fourth-order valence-electron chi connectivity index (χ4n) is 5.73. The highest BCUT2D eigenvalue weighted by Crippen LogP contribution is 2.42. The molecule has 4 amide bonds. The minimum atomic E-state index is -5.03. The van der Waals surface area contributed by atoms with Crippen molar-refractivity contribution in [2.45, 2.75) is 49.6 Å².